The number of likely N-dealkylation sites (N-methyl/N-ethyl adjacent to an activating group) is 1. The number of nitrogen functional groups attached to an aromatic ring is 1. The van der Waals surface area contributed by atoms with Crippen LogP contribution in [0.4, 0.5) is 10.6 Å². The lowest BCUT2D eigenvalue weighted by Crippen LogP contribution is -2.61. The second kappa shape index (κ2) is 17.2. The molecule has 0 radical (unpaired) electrons. The maximum absolute atomic E-state index is 14.8. The van der Waals surface area contributed by atoms with Gasteiger partial charge < -0.3 is 54.1 Å². The van der Waals surface area contributed by atoms with Gasteiger partial charge in [-0.25, -0.2) is 9.78 Å². The Morgan fingerprint density at radius 2 is 1.81 bits per heavy atom. The van der Waals surface area contributed by atoms with Crippen molar-refractivity contribution >= 4 is 29.4 Å². The SMILES string of the molecule is CC[C@H]1OC(=O)[C@H](C)[C@H]2OCC3COC(C)(C[C@@H](C)C(=O)[C@H](C)[C@@H]4N(C/C3=N/OCc3ccc(O)c(N)n3)C(=O)OC41C)[C@H](O[C@@H]1O[C@H](C)C[C@H](N(C)C)[C@H]1O)[C@H]2C. The molecule has 4 N–H and O–H groups in total. The Morgan fingerprint density at radius 3 is 2.48 bits per heavy atom. The van der Waals surface area contributed by atoms with Crippen LogP contribution >= 0.6 is 0 Å². The minimum Gasteiger partial charge on any atom is -0.504 e. The standard InChI is InChI=1S/C41H63N5O12/c1-11-30-41(8)34-22(4)31(48)20(2)15-40(7)35(57-38-32(49)28(45(9)10)14-21(3)55-38)23(5)33(24(6)37(50)56-30)52-17-25(18-53-40)27(16-46(34)39(51)58-41)44-54-19-26-12-13-29(47)36(42)43-26/h12-13,20-25,28,30,32-35,38,47,49H,11,14-19H2,1-10H3,(H2,42,43)/b44-27-/t20-,21-,22+,23+,24-,25?,28+,30-,32-,33+,34+,35-,38+,40?,41?/m1/s1. The zero-order valence-electron chi connectivity index (χ0n) is 35.5. The summed E-state index contributed by atoms with van der Waals surface area (Å²) >= 11 is 0. The van der Waals surface area contributed by atoms with E-state index in [9.17, 15) is 24.6 Å². The number of rotatable bonds is 7. The molecule has 0 aliphatic carbocycles. The van der Waals surface area contributed by atoms with Gasteiger partial charge in [0, 0.05) is 29.7 Å². The average Bonchev–Trinajstić information content (AvgIpc) is 3.44. The molecular weight excluding hydrogens is 754 g/mol. The quantitative estimate of drug-likeness (QED) is 0.266. The normalized spacial score (nSPS) is 42.0. The topological polar surface area (TPSA) is 214 Å². The summed E-state index contributed by atoms with van der Waals surface area (Å²) in [7, 11) is 3.80. The van der Waals surface area contributed by atoms with E-state index in [1.807, 2.05) is 53.6 Å². The highest BCUT2D eigenvalue weighted by molar-refractivity contribution is 5.92. The summed E-state index contributed by atoms with van der Waals surface area (Å²) in [5.74, 6) is -4.44. The molecule has 324 valence electrons. The number of amides is 1. The number of aromatic hydroxyl groups is 1. The second-order valence-electron chi connectivity index (χ2n) is 17.7. The third-order valence-electron chi connectivity index (χ3n) is 13.1. The van der Waals surface area contributed by atoms with Crippen molar-refractivity contribution in [2.24, 2.45) is 34.7 Å². The van der Waals surface area contributed by atoms with Crippen molar-refractivity contribution in [1.29, 1.82) is 0 Å². The minimum atomic E-state index is -1.42. The Bertz CT molecular complexity index is 1710. The molecule has 5 aliphatic heterocycles. The van der Waals surface area contributed by atoms with Crippen molar-refractivity contribution in [3.8, 4) is 5.75 Å². The smallest absolute Gasteiger partial charge is 0.411 e. The Kier molecular flexibility index (Phi) is 13.0. The third kappa shape index (κ3) is 8.39. The zero-order chi connectivity index (χ0) is 42.4. The number of nitrogens with two attached hydrogens (primary N) is 1. The first-order valence-corrected chi connectivity index (χ1v) is 20.6. The van der Waals surface area contributed by atoms with Crippen LogP contribution < -0.4 is 5.73 Å². The molecule has 0 spiro atoms. The maximum Gasteiger partial charge on any atom is 0.411 e. The number of anilines is 1. The van der Waals surface area contributed by atoms with Crippen molar-refractivity contribution in [3.05, 3.63) is 17.8 Å². The molecule has 1 aromatic heterocycles. The van der Waals surface area contributed by atoms with Crippen LogP contribution in [0, 0.1) is 29.6 Å². The Morgan fingerprint density at radius 1 is 1.09 bits per heavy atom. The lowest BCUT2D eigenvalue weighted by molar-refractivity contribution is -0.302. The van der Waals surface area contributed by atoms with Crippen molar-refractivity contribution in [2.75, 3.05) is 39.6 Å². The van der Waals surface area contributed by atoms with Crippen LogP contribution in [0.3, 0.4) is 0 Å². The van der Waals surface area contributed by atoms with E-state index >= 15 is 0 Å². The summed E-state index contributed by atoms with van der Waals surface area (Å²) in [4.78, 5) is 56.8. The first-order chi connectivity index (χ1) is 27.3. The van der Waals surface area contributed by atoms with Crippen LogP contribution in [0.1, 0.15) is 80.3 Å². The zero-order valence-corrected chi connectivity index (χ0v) is 35.5. The highest BCUT2D eigenvalue weighted by atomic mass is 16.7. The number of aliphatic hydroxyl groups excluding tert-OH is 1. The number of carbonyl (C=O) groups is 3. The molecule has 3 unspecified atom stereocenters. The van der Waals surface area contributed by atoms with Crippen molar-refractivity contribution in [1.82, 2.24) is 14.8 Å². The van der Waals surface area contributed by atoms with Gasteiger partial charge in [-0.05, 0) is 73.2 Å². The number of fused-ring (bicyclic) bond motifs is 5. The van der Waals surface area contributed by atoms with Gasteiger partial charge in [-0.15, -0.1) is 0 Å². The Hall–Kier alpha value is -3.61. The van der Waals surface area contributed by atoms with Crippen LogP contribution in [-0.2, 0) is 49.5 Å². The molecular formula is C41H63N5O12. The first-order valence-electron chi connectivity index (χ1n) is 20.6. The number of Topliss-reactive ketones (excluding diaryl/α,β-unsaturated/α-hetero) is 1. The number of hydrogen-bond donors (Lipinski definition) is 3. The summed E-state index contributed by atoms with van der Waals surface area (Å²) in [6, 6.07) is 1.82. The van der Waals surface area contributed by atoms with Gasteiger partial charge in [0.25, 0.3) is 0 Å². The van der Waals surface area contributed by atoms with E-state index in [2.05, 4.69) is 10.1 Å². The molecule has 15 atom stereocenters. The fourth-order valence-corrected chi connectivity index (χ4v) is 9.96. The lowest BCUT2D eigenvalue weighted by Gasteiger charge is -2.48. The summed E-state index contributed by atoms with van der Waals surface area (Å²) in [5, 5.41) is 26.2. The molecule has 1 amide bonds. The minimum absolute atomic E-state index is 0.00359. The lowest BCUT2D eigenvalue weighted by atomic mass is 9.73. The summed E-state index contributed by atoms with van der Waals surface area (Å²) in [6.07, 6.45) is -4.59. The number of carbonyl (C=O) groups excluding carboxylic acids is 3. The van der Waals surface area contributed by atoms with Gasteiger partial charge in [0.15, 0.2) is 30.1 Å². The molecule has 0 aromatic carbocycles. The Balaban J connectivity index is 1.52. The largest absolute Gasteiger partial charge is 0.504 e. The number of aromatic nitrogens is 1. The van der Waals surface area contributed by atoms with Gasteiger partial charge in [0.2, 0.25) is 0 Å². The second-order valence-corrected chi connectivity index (χ2v) is 17.7. The van der Waals surface area contributed by atoms with Gasteiger partial charge in [-0.1, -0.05) is 32.9 Å². The van der Waals surface area contributed by atoms with Gasteiger partial charge in [-0.2, -0.15) is 0 Å². The van der Waals surface area contributed by atoms with E-state index in [4.69, 9.17) is 39.0 Å². The number of pyridine rings is 1. The van der Waals surface area contributed by atoms with Gasteiger partial charge in [0.1, 0.15) is 18.0 Å². The number of nitrogens with zero attached hydrogens (tertiary/aromatic N) is 4. The number of aliphatic hydroxyl groups is 1. The average molecular weight is 818 g/mol. The first kappa shape index (κ1) is 44.0. The summed E-state index contributed by atoms with van der Waals surface area (Å²) in [6.45, 7) is 14.4. The van der Waals surface area contributed by atoms with Gasteiger partial charge in [0.05, 0.1) is 67.0 Å². The van der Waals surface area contributed by atoms with E-state index in [1.165, 1.54) is 11.0 Å². The fraction of sp³-hybridized carbons (Fsp3) is 0.780. The molecule has 6 rings (SSSR count). The van der Waals surface area contributed by atoms with E-state index in [0.29, 0.717) is 24.2 Å². The predicted octanol–water partition coefficient (Wildman–Crippen LogP) is 3.28. The molecule has 6 heterocycles. The monoisotopic (exact) mass is 817 g/mol. The van der Waals surface area contributed by atoms with E-state index in [-0.39, 0.29) is 62.3 Å². The molecule has 17 heteroatoms. The number of hydrogen-bond acceptors (Lipinski definition) is 16. The highest BCUT2D eigenvalue weighted by Gasteiger charge is 2.61. The van der Waals surface area contributed by atoms with Crippen LogP contribution in [0.5, 0.6) is 5.75 Å². The molecule has 5 fully saturated rings. The molecule has 17 nitrogen and oxygen atoms in total. The number of ether oxygens (including phenoxy) is 6. The van der Waals surface area contributed by atoms with Crippen molar-refractivity contribution < 1.29 is 57.9 Å². The van der Waals surface area contributed by atoms with Crippen LogP contribution in [0.25, 0.3) is 0 Å². The number of esters is 1. The van der Waals surface area contributed by atoms with Gasteiger partial charge >= 0.3 is 12.1 Å². The number of cyclic esters (lactones) is 1. The third-order valence-corrected chi connectivity index (χ3v) is 13.1. The molecule has 58 heavy (non-hydrogen) atoms. The number of oxime groups is 1. The highest BCUT2D eigenvalue weighted by Crippen LogP contribution is 2.45. The molecule has 0 saturated carbocycles. The van der Waals surface area contributed by atoms with Crippen LogP contribution in [0.15, 0.2) is 17.3 Å². The van der Waals surface area contributed by atoms with E-state index in [1.54, 1.807) is 26.8 Å². The fourth-order valence-electron chi connectivity index (χ4n) is 9.96. The Labute approximate surface area is 340 Å². The van der Waals surface area contributed by atoms with E-state index < -0.39 is 89.6 Å². The van der Waals surface area contributed by atoms with Crippen molar-refractivity contribution in [3.63, 3.8) is 0 Å². The van der Waals surface area contributed by atoms with Crippen LogP contribution in [-0.4, -0.2) is 143 Å². The molecule has 1 aromatic rings. The summed E-state index contributed by atoms with van der Waals surface area (Å²) in [5.41, 5.74) is 3.95. The predicted molar refractivity (Wildman–Crippen MR) is 209 cm³/mol. The van der Waals surface area contributed by atoms with Gasteiger partial charge in [-0.3, -0.25) is 14.5 Å². The maximum atomic E-state index is 14.8. The van der Waals surface area contributed by atoms with E-state index in [0.717, 1.165) is 0 Å². The molecule has 5 aliphatic rings. The van der Waals surface area contributed by atoms with Crippen molar-refractivity contribution in [2.45, 2.75) is 141 Å². The molecule has 5 saturated heterocycles. The van der Waals surface area contributed by atoms with Crippen LogP contribution in [0.2, 0.25) is 0 Å². The number of ketones is 1. The summed E-state index contributed by atoms with van der Waals surface area (Å²) < 4.78 is 39.6. The molecule has 6 bridgehead atoms.